The van der Waals surface area contributed by atoms with Crippen LogP contribution in [0.25, 0.3) is 0 Å². The summed E-state index contributed by atoms with van der Waals surface area (Å²) in [5, 5.41) is 0. The van der Waals surface area contributed by atoms with Gasteiger partial charge in [-0.15, -0.1) is 0 Å². The third-order valence-electron chi connectivity index (χ3n) is 3.22. The van der Waals surface area contributed by atoms with E-state index < -0.39 is 0 Å². The molecule has 1 aromatic carbocycles. The summed E-state index contributed by atoms with van der Waals surface area (Å²) in [7, 11) is 0. The Morgan fingerprint density at radius 1 is 1.27 bits per heavy atom. The molecular weight excluding hydrogens is 184 g/mol. The highest BCUT2D eigenvalue weighted by atomic mass is 16.5. The maximum Gasteiger partial charge on any atom is 0.123 e. The van der Waals surface area contributed by atoms with E-state index in [1.54, 1.807) is 0 Å². The average molecular weight is 204 g/mol. The molecule has 2 rings (SSSR count). The fourth-order valence-electron chi connectivity index (χ4n) is 2.45. The summed E-state index contributed by atoms with van der Waals surface area (Å²) in [5.41, 5.74) is 1.36. The van der Waals surface area contributed by atoms with Crippen LogP contribution in [-0.2, 0) is 0 Å². The Hall–Kier alpha value is -0.980. The molecule has 0 saturated carbocycles. The first-order valence-corrected chi connectivity index (χ1v) is 5.77. The third kappa shape index (κ3) is 2.01. The molecule has 1 aliphatic heterocycles. The van der Waals surface area contributed by atoms with E-state index in [0.717, 1.165) is 12.2 Å². The summed E-state index contributed by atoms with van der Waals surface area (Å²) in [6.07, 6.45) is 1.11. The summed E-state index contributed by atoms with van der Waals surface area (Å²) in [6.45, 7) is 8.95. The zero-order chi connectivity index (χ0) is 11.1. The van der Waals surface area contributed by atoms with E-state index >= 15 is 0 Å². The predicted molar refractivity (Wildman–Crippen MR) is 63.3 cm³/mol. The van der Waals surface area contributed by atoms with E-state index in [4.69, 9.17) is 4.74 Å². The van der Waals surface area contributed by atoms with Crippen LogP contribution in [0.15, 0.2) is 24.3 Å². The molecule has 1 heteroatoms. The lowest BCUT2D eigenvalue weighted by molar-refractivity contribution is 0.0640. The van der Waals surface area contributed by atoms with Gasteiger partial charge in [0, 0.05) is 0 Å². The number of rotatable bonds is 1. The fourth-order valence-corrected chi connectivity index (χ4v) is 2.45. The molecule has 0 amide bonds. The second kappa shape index (κ2) is 3.55. The van der Waals surface area contributed by atoms with Crippen molar-refractivity contribution in [2.45, 2.75) is 45.6 Å². The minimum absolute atomic E-state index is 0.0245. The van der Waals surface area contributed by atoms with Crippen molar-refractivity contribution >= 4 is 0 Å². The first-order valence-electron chi connectivity index (χ1n) is 5.77. The van der Waals surface area contributed by atoms with Crippen LogP contribution < -0.4 is 4.74 Å². The Labute approximate surface area is 92.5 Å². The Morgan fingerprint density at radius 2 is 1.93 bits per heavy atom. The van der Waals surface area contributed by atoms with Crippen molar-refractivity contribution in [1.29, 1.82) is 0 Å². The van der Waals surface area contributed by atoms with Gasteiger partial charge in [-0.25, -0.2) is 0 Å². The van der Waals surface area contributed by atoms with E-state index in [0.29, 0.717) is 11.8 Å². The van der Waals surface area contributed by atoms with Crippen molar-refractivity contribution in [1.82, 2.24) is 0 Å². The predicted octanol–water partition coefficient (Wildman–Crippen LogP) is 3.99. The largest absolute Gasteiger partial charge is 0.488 e. The van der Waals surface area contributed by atoms with Crippen LogP contribution in [0, 0.1) is 5.92 Å². The molecule has 1 heterocycles. The topological polar surface area (TPSA) is 9.23 Å². The molecule has 1 atom stereocenters. The maximum absolute atomic E-state index is 6.00. The van der Waals surface area contributed by atoms with E-state index in [2.05, 4.69) is 52.0 Å². The molecule has 15 heavy (non-hydrogen) atoms. The Bertz CT molecular complexity index is 352. The van der Waals surface area contributed by atoms with Crippen molar-refractivity contribution in [2.75, 3.05) is 0 Å². The van der Waals surface area contributed by atoms with E-state index in [1.807, 2.05) is 0 Å². The minimum Gasteiger partial charge on any atom is -0.488 e. The summed E-state index contributed by atoms with van der Waals surface area (Å²) in [5.74, 6) is 2.38. The first-order chi connectivity index (χ1) is 6.99. The number of fused-ring (bicyclic) bond motifs is 1. The quantitative estimate of drug-likeness (QED) is 0.672. The van der Waals surface area contributed by atoms with Crippen LogP contribution in [0.1, 0.15) is 45.6 Å². The lowest BCUT2D eigenvalue weighted by atomic mass is 9.78. The lowest BCUT2D eigenvalue weighted by Gasteiger charge is -2.39. The minimum atomic E-state index is -0.0245. The molecule has 0 bridgehead atoms. The van der Waals surface area contributed by atoms with Gasteiger partial charge >= 0.3 is 0 Å². The van der Waals surface area contributed by atoms with Crippen LogP contribution in [0.5, 0.6) is 5.75 Å². The molecular formula is C14H20O. The van der Waals surface area contributed by atoms with Crippen LogP contribution in [-0.4, -0.2) is 5.60 Å². The number of para-hydroxylation sites is 1. The summed E-state index contributed by atoms with van der Waals surface area (Å²) in [6, 6.07) is 8.45. The van der Waals surface area contributed by atoms with E-state index in [-0.39, 0.29) is 5.60 Å². The van der Waals surface area contributed by atoms with Crippen LogP contribution in [0.3, 0.4) is 0 Å². The van der Waals surface area contributed by atoms with Crippen LogP contribution in [0.4, 0.5) is 0 Å². The molecule has 82 valence electrons. The molecule has 0 fully saturated rings. The van der Waals surface area contributed by atoms with E-state index in [1.165, 1.54) is 5.56 Å². The normalized spacial score (nSPS) is 23.4. The van der Waals surface area contributed by atoms with Crippen molar-refractivity contribution in [3.8, 4) is 5.75 Å². The zero-order valence-corrected chi connectivity index (χ0v) is 10.1. The average Bonchev–Trinajstić information content (AvgIpc) is 2.14. The van der Waals surface area contributed by atoms with Crippen molar-refractivity contribution in [3.63, 3.8) is 0 Å². The number of hydrogen-bond acceptors (Lipinski definition) is 1. The molecule has 0 saturated heterocycles. The standard InChI is InChI=1S/C14H20O/c1-10(2)12-9-14(3,4)15-13-8-6-5-7-11(12)13/h5-8,10,12H,9H2,1-4H3/t12-/m1/s1. The van der Waals surface area contributed by atoms with Gasteiger partial charge in [0.2, 0.25) is 0 Å². The molecule has 1 aromatic rings. The second-order valence-corrected chi connectivity index (χ2v) is 5.45. The molecule has 1 nitrogen and oxygen atoms in total. The third-order valence-corrected chi connectivity index (χ3v) is 3.22. The lowest BCUT2D eigenvalue weighted by Crippen LogP contribution is -2.36. The second-order valence-electron chi connectivity index (χ2n) is 5.45. The molecule has 0 aliphatic carbocycles. The highest BCUT2D eigenvalue weighted by Gasteiger charge is 2.34. The van der Waals surface area contributed by atoms with Gasteiger partial charge in [0.1, 0.15) is 11.4 Å². The first kappa shape index (κ1) is 10.5. The van der Waals surface area contributed by atoms with Gasteiger partial charge < -0.3 is 4.74 Å². The molecule has 0 unspecified atom stereocenters. The molecule has 1 aliphatic rings. The highest BCUT2D eigenvalue weighted by molar-refractivity contribution is 5.39. The summed E-state index contributed by atoms with van der Waals surface area (Å²) < 4.78 is 6.00. The molecule has 0 spiro atoms. The van der Waals surface area contributed by atoms with Crippen LogP contribution >= 0.6 is 0 Å². The summed E-state index contributed by atoms with van der Waals surface area (Å²) in [4.78, 5) is 0. The summed E-state index contributed by atoms with van der Waals surface area (Å²) >= 11 is 0. The Balaban J connectivity index is 2.43. The Morgan fingerprint density at radius 3 is 2.60 bits per heavy atom. The van der Waals surface area contributed by atoms with Gasteiger partial charge in [0.05, 0.1) is 0 Å². The number of hydrogen-bond donors (Lipinski definition) is 0. The monoisotopic (exact) mass is 204 g/mol. The zero-order valence-electron chi connectivity index (χ0n) is 10.1. The molecule has 0 radical (unpaired) electrons. The van der Waals surface area contributed by atoms with Gasteiger partial charge in [0.15, 0.2) is 0 Å². The van der Waals surface area contributed by atoms with Gasteiger partial charge in [-0.3, -0.25) is 0 Å². The van der Waals surface area contributed by atoms with Gasteiger partial charge in [-0.1, -0.05) is 32.0 Å². The molecule has 0 aromatic heterocycles. The van der Waals surface area contributed by atoms with Gasteiger partial charge in [-0.05, 0) is 43.7 Å². The van der Waals surface area contributed by atoms with Gasteiger partial charge in [-0.2, -0.15) is 0 Å². The SMILES string of the molecule is CC(C)[C@H]1CC(C)(C)Oc2ccccc21. The van der Waals surface area contributed by atoms with Gasteiger partial charge in [0.25, 0.3) is 0 Å². The van der Waals surface area contributed by atoms with Crippen molar-refractivity contribution in [2.24, 2.45) is 5.92 Å². The Kier molecular flexibility index (Phi) is 2.49. The van der Waals surface area contributed by atoms with Crippen molar-refractivity contribution < 1.29 is 4.74 Å². The highest BCUT2D eigenvalue weighted by Crippen LogP contribution is 2.43. The van der Waals surface area contributed by atoms with E-state index in [9.17, 15) is 0 Å². The maximum atomic E-state index is 6.00. The fraction of sp³-hybridized carbons (Fsp3) is 0.571. The number of benzene rings is 1. The van der Waals surface area contributed by atoms with Crippen molar-refractivity contribution in [3.05, 3.63) is 29.8 Å². The van der Waals surface area contributed by atoms with Crippen LogP contribution in [0.2, 0.25) is 0 Å². The molecule has 0 N–H and O–H groups in total. The smallest absolute Gasteiger partial charge is 0.123 e. The number of ether oxygens (including phenoxy) is 1.